The number of nitrogens with zero attached hydrogens (tertiary/aromatic N) is 4. The molecule has 6 nitrogen and oxygen atoms in total. The number of halogens is 2. The summed E-state index contributed by atoms with van der Waals surface area (Å²) in [6, 6.07) is 3.01. The Kier molecular flexibility index (Phi) is 4.59. The maximum Gasteiger partial charge on any atom is 0.242 e. The number of carbonyl (C=O) groups excluding carboxylic acids is 1. The van der Waals surface area contributed by atoms with Gasteiger partial charge in [0.15, 0.2) is 0 Å². The van der Waals surface area contributed by atoms with Gasteiger partial charge in [-0.25, -0.2) is 13.5 Å². The van der Waals surface area contributed by atoms with Crippen molar-refractivity contribution in [2.45, 2.75) is 38.3 Å². The van der Waals surface area contributed by atoms with E-state index in [-0.39, 0.29) is 18.4 Å². The van der Waals surface area contributed by atoms with Crippen LogP contribution in [0.25, 0.3) is 0 Å². The van der Waals surface area contributed by atoms with Gasteiger partial charge in [-0.15, -0.1) is 5.10 Å². The van der Waals surface area contributed by atoms with E-state index >= 15 is 0 Å². The lowest BCUT2D eigenvalue weighted by atomic mass is 9.91. The molecule has 1 aromatic carbocycles. The van der Waals surface area contributed by atoms with Crippen LogP contribution < -0.4 is 5.32 Å². The van der Waals surface area contributed by atoms with Gasteiger partial charge in [0.05, 0.1) is 6.04 Å². The number of hydrogen-bond acceptors (Lipinski definition) is 4. The van der Waals surface area contributed by atoms with Crippen LogP contribution in [0.5, 0.6) is 0 Å². The highest BCUT2D eigenvalue weighted by Gasteiger charge is 2.29. The number of rotatable bonds is 5. The molecule has 1 aliphatic carbocycles. The predicted molar refractivity (Wildman–Crippen MR) is 77.0 cm³/mol. The molecule has 1 atom stereocenters. The molecule has 3 rings (SSSR count). The third kappa shape index (κ3) is 3.69. The number of hydrogen-bond donors (Lipinski definition) is 1. The molecule has 0 bridgehead atoms. The van der Waals surface area contributed by atoms with E-state index in [1.165, 1.54) is 23.1 Å². The molecule has 23 heavy (non-hydrogen) atoms. The molecule has 1 fully saturated rings. The van der Waals surface area contributed by atoms with Crippen LogP contribution in [0.4, 0.5) is 8.78 Å². The van der Waals surface area contributed by atoms with Gasteiger partial charge in [0.25, 0.3) is 0 Å². The van der Waals surface area contributed by atoms with E-state index in [2.05, 4.69) is 20.8 Å². The zero-order valence-electron chi connectivity index (χ0n) is 12.5. The van der Waals surface area contributed by atoms with Crippen LogP contribution in [0, 0.1) is 17.6 Å². The van der Waals surface area contributed by atoms with Crippen LogP contribution in [0.2, 0.25) is 0 Å². The zero-order valence-corrected chi connectivity index (χ0v) is 12.5. The van der Waals surface area contributed by atoms with Crippen LogP contribution in [0.1, 0.15) is 37.3 Å². The molecule has 2 aromatic rings. The fraction of sp³-hybridized carbons (Fsp3) is 0.467. The SMILES string of the molecule is O=C(Cn1cnnn1)NC(c1ccc(F)cc1F)C1CCCC1. The van der Waals surface area contributed by atoms with Crippen LogP contribution in [-0.2, 0) is 11.3 Å². The van der Waals surface area contributed by atoms with Gasteiger partial charge in [0.1, 0.15) is 24.5 Å². The van der Waals surface area contributed by atoms with Crippen molar-refractivity contribution < 1.29 is 13.6 Å². The van der Waals surface area contributed by atoms with Crippen LogP contribution in [0.3, 0.4) is 0 Å². The van der Waals surface area contributed by atoms with Crippen molar-refractivity contribution in [3.63, 3.8) is 0 Å². The monoisotopic (exact) mass is 321 g/mol. The summed E-state index contributed by atoms with van der Waals surface area (Å²) in [5.74, 6) is -1.42. The van der Waals surface area contributed by atoms with Gasteiger partial charge in [-0.2, -0.15) is 0 Å². The molecule has 0 spiro atoms. The average molecular weight is 321 g/mol. The molecule has 1 heterocycles. The van der Waals surface area contributed by atoms with Crippen molar-refractivity contribution in [2.24, 2.45) is 5.92 Å². The van der Waals surface area contributed by atoms with E-state index in [1.807, 2.05) is 0 Å². The van der Waals surface area contributed by atoms with Crippen LogP contribution >= 0.6 is 0 Å². The first-order valence-corrected chi connectivity index (χ1v) is 7.58. The summed E-state index contributed by atoms with van der Waals surface area (Å²) in [6.45, 7) is -0.0426. The predicted octanol–water partition coefficient (Wildman–Crippen LogP) is 2.00. The highest BCUT2D eigenvalue weighted by atomic mass is 19.1. The second-order valence-corrected chi connectivity index (χ2v) is 5.76. The third-order valence-electron chi connectivity index (χ3n) is 4.18. The third-order valence-corrected chi connectivity index (χ3v) is 4.18. The number of aromatic nitrogens is 4. The standard InChI is InChI=1S/C15H17F2N5O/c16-11-5-6-12(13(17)7-11)15(10-3-1-2-4-10)19-14(23)8-22-9-18-20-21-22/h5-7,9-10,15H,1-4,8H2,(H,19,23). The molecule has 8 heteroatoms. The number of carbonyl (C=O) groups is 1. The zero-order chi connectivity index (χ0) is 16.2. The molecule has 1 N–H and O–H groups in total. The molecule has 1 aliphatic rings. The Balaban J connectivity index is 1.79. The Labute approximate surface area is 131 Å². The Morgan fingerprint density at radius 2 is 2.13 bits per heavy atom. The van der Waals surface area contributed by atoms with Gasteiger partial charge in [-0.05, 0) is 35.3 Å². The summed E-state index contributed by atoms with van der Waals surface area (Å²) in [7, 11) is 0. The molecule has 1 saturated carbocycles. The number of amides is 1. The normalized spacial score (nSPS) is 16.4. The lowest BCUT2D eigenvalue weighted by molar-refractivity contribution is -0.123. The van der Waals surface area contributed by atoms with Crippen LogP contribution in [-0.4, -0.2) is 26.1 Å². The van der Waals surface area contributed by atoms with Crippen molar-refractivity contribution in [3.05, 3.63) is 41.7 Å². The smallest absolute Gasteiger partial charge is 0.242 e. The molecular weight excluding hydrogens is 304 g/mol. The van der Waals surface area contributed by atoms with Gasteiger partial charge in [0, 0.05) is 11.6 Å². The maximum absolute atomic E-state index is 14.2. The van der Waals surface area contributed by atoms with Gasteiger partial charge in [-0.1, -0.05) is 18.9 Å². The highest BCUT2D eigenvalue weighted by Crippen LogP contribution is 2.36. The summed E-state index contributed by atoms with van der Waals surface area (Å²) in [4.78, 5) is 12.2. The first-order chi connectivity index (χ1) is 11.1. The van der Waals surface area contributed by atoms with Gasteiger partial charge >= 0.3 is 0 Å². The van der Waals surface area contributed by atoms with Crippen LogP contribution in [0.15, 0.2) is 24.5 Å². The van der Waals surface area contributed by atoms with E-state index in [0.717, 1.165) is 31.7 Å². The quantitative estimate of drug-likeness (QED) is 0.914. The Morgan fingerprint density at radius 3 is 2.78 bits per heavy atom. The van der Waals surface area contributed by atoms with Gasteiger partial charge in [-0.3, -0.25) is 4.79 Å². The van der Waals surface area contributed by atoms with Crippen molar-refractivity contribution in [1.82, 2.24) is 25.5 Å². The number of nitrogens with one attached hydrogen (secondary N) is 1. The fourth-order valence-corrected chi connectivity index (χ4v) is 3.11. The first kappa shape index (κ1) is 15.5. The minimum atomic E-state index is -0.635. The Hall–Kier alpha value is -2.38. The summed E-state index contributed by atoms with van der Waals surface area (Å²) < 4.78 is 28.6. The van der Waals surface area contributed by atoms with E-state index < -0.39 is 17.7 Å². The first-order valence-electron chi connectivity index (χ1n) is 7.58. The second kappa shape index (κ2) is 6.80. The highest BCUT2D eigenvalue weighted by molar-refractivity contribution is 5.76. The largest absolute Gasteiger partial charge is 0.347 e. The number of tetrazole rings is 1. The fourth-order valence-electron chi connectivity index (χ4n) is 3.11. The van der Waals surface area contributed by atoms with Gasteiger partial charge in [0.2, 0.25) is 5.91 Å². The summed E-state index contributed by atoms with van der Waals surface area (Å²) in [5, 5.41) is 13.4. The Bertz CT molecular complexity index is 671. The van der Waals surface area contributed by atoms with E-state index in [1.54, 1.807) is 0 Å². The maximum atomic E-state index is 14.2. The number of benzene rings is 1. The minimum Gasteiger partial charge on any atom is -0.347 e. The molecule has 0 radical (unpaired) electrons. The molecule has 1 amide bonds. The molecule has 122 valence electrons. The van der Waals surface area contributed by atoms with E-state index in [9.17, 15) is 13.6 Å². The topological polar surface area (TPSA) is 72.7 Å². The molecule has 0 saturated heterocycles. The van der Waals surface area contributed by atoms with Crippen molar-refractivity contribution in [3.8, 4) is 0 Å². The van der Waals surface area contributed by atoms with Crippen molar-refractivity contribution in [2.75, 3.05) is 0 Å². The molecular formula is C15H17F2N5O. The minimum absolute atomic E-state index is 0.0426. The van der Waals surface area contributed by atoms with E-state index in [4.69, 9.17) is 0 Å². The summed E-state index contributed by atoms with van der Waals surface area (Å²) in [6.07, 6.45) is 5.25. The Morgan fingerprint density at radius 1 is 1.35 bits per heavy atom. The summed E-state index contributed by atoms with van der Waals surface area (Å²) >= 11 is 0. The second-order valence-electron chi connectivity index (χ2n) is 5.76. The lowest BCUT2D eigenvalue weighted by Gasteiger charge is -2.25. The lowest BCUT2D eigenvalue weighted by Crippen LogP contribution is -2.35. The van der Waals surface area contributed by atoms with Gasteiger partial charge < -0.3 is 5.32 Å². The van der Waals surface area contributed by atoms with Crippen molar-refractivity contribution >= 4 is 5.91 Å². The van der Waals surface area contributed by atoms with Crippen molar-refractivity contribution in [1.29, 1.82) is 0 Å². The summed E-state index contributed by atoms with van der Waals surface area (Å²) in [5.41, 5.74) is 0.323. The average Bonchev–Trinajstić information content (AvgIpc) is 3.18. The van der Waals surface area contributed by atoms with E-state index in [0.29, 0.717) is 5.56 Å². The molecule has 1 aromatic heterocycles. The molecule has 0 aliphatic heterocycles. The molecule has 1 unspecified atom stereocenters.